The normalized spacial score (nSPS) is 26.1. The largest absolute Gasteiger partial charge is 0.351 e. The van der Waals surface area contributed by atoms with Gasteiger partial charge in [0.25, 0.3) is 0 Å². The molecule has 1 aromatic carbocycles. The van der Waals surface area contributed by atoms with E-state index in [0.29, 0.717) is 23.3 Å². The minimum atomic E-state index is -0.588. The summed E-state index contributed by atoms with van der Waals surface area (Å²) in [7, 11) is 0. The molecule has 0 spiro atoms. The third-order valence-corrected chi connectivity index (χ3v) is 4.22. The Bertz CT molecular complexity index is 604. The molecule has 0 radical (unpaired) electrons. The van der Waals surface area contributed by atoms with Crippen molar-refractivity contribution >= 4 is 23.2 Å². The Kier molecular flexibility index (Phi) is 3.69. The second kappa shape index (κ2) is 5.33. The van der Waals surface area contributed by atoms with Gasteiger partial charge in [-0.05, 0) is 19.1 Å². The average Bonchev–Trinajstić information content (AvgIpc) is 3.01. The fourth-order valence-electron chi connectivity index (χ4n) is 2.55. The van der Waals surface area contributed by atoms with Crippen LogP contribution in [0, 0.1) is 0 Å². The molecule has 5 nitrogen and oxygen atoms in total. The Balaban J connectivity index is 2.06. The van der Waals surface area contributed by atoms with Crippen molar-refractivity contribution in [2.75, 3.05) is 6.73 Å². The van der Waals surface area contributed by atoms with E-state index in [4.69, 9.17) is 27.9 Å². The standard InChI is InChI=1S/C13H14Cl2N4O/c1-9-13(20-8-17-9,5-19-7-16-6-18-19)11-3-2-10(14)4-12(11)15/h2-4,6-7,9,17H,5,8H2,1H3/t9?,13-/m1/s1. The summed E-state index contributed by atoms with van der Waals surface area (Å²) in [6, 6.07) is 5.55. The molecule has 1 N–H and O–H groups in total. The van der Waals surface area contributed by atoms with Crippen LogP contribution in [0.1, 0.15) is 12.5 Å². The lowest BCUT2D eigenvalue weighted by Gasteiger charge is -2.33. The fraction of sp³-hybridized carbons (Fsp3) is 0.385. The fourth-order valence-corrected chi connectivity index (χ4v) is 3.12. The highest BCUT2D eigenvalue weighted by Gasteiger charge is 2.45. The summed E-state index contributed by atoms with van der Waals surface area (Å²) in [5.74, 6) is 0. The lowest BCUT2D eigenvalue weighted by molar-refractivity contribution is -0.0239. The molecular formula is C13H14Cl2N4O. The van der Waals surface area contributed by atoms with Crippen molar-refractivity contribution in [2.45, 2.75) is 25.1 Å². The highest BCUT2D eigenvalue weighted by Crippen LogP contribution is 2.39. The van der Waals surface area contributed by atoms with Crippen LogP contribution in [0.15, 0.2) is 30.9 Å². The Labute approximate surface area is 126 Å². The molecule has 1 saturated heterocycles. The van der Waals surface area contributed by atoms with E-state index in [0.717, 1.165) is 5.56 Å². The Hall–Kier alpha value is -1.14. The van der Waals surface area contributed by atoms with E-state index in [1.54, 1.807) is 17.1 Å². The van der Waals surface area contributed by atoms with E-state index in [-0.39, 0.29) is 6.04 Å². The molecule has 3 rings (SSSR count). The molecule has 20 heavy (non-hydrogen) atoms. The lowest BCUT2D eigenvalue weighted by atomic mass is 9.87. The first-order valence-electron chi connectivity index (χ1n) is 6.27. The molecule has 1 aromatic heterocycles. The zero-order chi connectivity index (χ0) is 14.2. The Morgan fingerprint density at radius 3 is 2.95 bits per heavy atom. The number of nitrogens with zero attached hydrogens (tertiary/aromatic N) is 3. The quantitative estimate of drug-likeness (QED) is 0.946. The molecule has 2 atom stereocenters. The molecule has 0 saturated carbocycles. The number of hydrogen-bond donors (Lipinski definition) is 1. The molecular weight excluding hydrogens is 299 g/mol. The van der Waals surface area contributed by atoms with Gasteiger partial charge in [-0.2, -0.15) is 5.10 Å². The van der Waals surface area contributed by atoms with Crippen molar-refractivity contribution in [3.63, 3.8) is 0 Å². The van der Waals surface area contributed by atoms with Crippen LogP contribution >= 0.6 is 23.2 Å². The van der Waals surface area contributed by atoms with Crippen LogP contribution in [-0.2, 0) is 16.9 Å². The maximum atomic E-state index is 6.37. The van der Waals surface area contributed by atoms with E-state index in [1.165, 1.54) is 6.33 Å². The van der Waals surface area contributed by atoms with Crippen LogP contribution in [0.4, 0.5) is 0 Å². The van der Waals surface area contributed by atoms with Crippen molar-refractivity contribution in [1.82, 2.24) is 20.1 Å². The summed E-state index contributed by atoms with van der Waals surface area (Å²) in [5.41, 5.74) is 0.312. The van der Waals surface area contributed by atoms with Gasteiger partial charge in [0.1, 0.15) is 18.3 Å². The van der Waals surface area contributed by atoms with Gasteiger partial charge in [-0.1, -0.05) is 29.3 Å². The molecule has 2 heterocycles. The van der Waals surface area contributed by atoms with Gasteiger partial charge in [-0.3, -0.25) is 5.32 Å². The predicted octanol–water partition coefficient (Wildman–Crippen LogP) is 2.45. The predicted molar refractivity (Wildman–Crippen MR) is 76.7 cm³/mol. The van der Waals surface area contributed by atoms with Crippen molar-refractivity contribution in [2.24, 2.45) is 0 Å². The van der Waals surface area contributed by atoms with Gasteiger partial charge >= 0.3 is 0 Å². The molecule has 106 valence electrons. The van der Waals surface area contributed by atoms with Crippen molar-refractivity contribution in [3.05, 3.63) is 46.5 Å². The summed E-state index contributed by atoms with van der Waals surface area (Å²) in [4.78, 5) is 3.97. The maximum absolute atomic E-state index is 6.37. The molecule has 1 unspecified atom stereocenters. The van der Waals surface area contributed by atoms with Crippen LogP contribution in [0.2, 0.25) is 10.0 Å². The third-order valence-electron chi connectivity index (χ3n) is 3.67. The first-order valence-corrected chi connectivity index (χ1v) is 7.03. The van der Waals surface area contributed by atoms with E-state index in [1.807, 2.05) is 12.1 Å². The zero-order valence-electron chi connectivity index (χ0n) is 10.9. The summed E-state index contributed by atoms with van der Waals surface area (Å²) >= 11 is 12.3. The lowest BCUT2D eigenvalue weighted by Crippen LogP contribution is -2.43. The zero-order valence-corrected chi connectivity index (χ0v) is 12.4. The Morgan fingerprint density at radius 1 is 1.50 bits per heavy atom. The van der Waals surface area contributed by atoms with E-state index >= 15 is 0 Å². The van der Waals surface area contributed by atoms with Crippen LogP contribution in [0.3, 0.4) is 0 Å². The van der Waals surface area contributed by atoms with Gasteiger partial charge in [0.05, 0.1) is 13.3 Å². The highest BCUT2D eigenvalue weighted by atomic mass is 35.5. The number of nitrogens with one attached hydrogen (secondary N) is 1. The van der Waals surface area contributed by atoms with E-state index in [9.17, 15) is 0 Å². The number of ether oxygens (including phenoxy) is 1. The van der Waals surface area contributed by atoms with Gasteiger partial charge in [0.2, 0.25) is 0 Å². The second-order valence-electron chi connectivity index (χ2n) is 4.82. The van der Waals surface area contributed by atoms with Crippen molar-refractivity contribution in [1.29, 1.82) is 0 Å². The second-order valence-corrected chi connectivity index (χ2v) is 5.66. The van der Waals surface area contributed by atoms with E-state index in [2.05, 4.69) is 22.3 Å². The summed E-state index contributed by atoms with van der Waals surface area (Å²) in [6.07, 6.45) is 3.17. The molecule has 2 aromatic rings. The van der Waals surface area contributed by atoms with Gasteiger partial charge < -0.3 is 4.74 Å². The molecule has 1 fully saturated rings. The smallest absolute Gasteiger partial charge is 0.137 e. The molecule has 0 amide bonds. The monoisotopic (exact) mass is 312 g/mol. The molecule has 1 aliphatic heterocycles. The summed E-state index contributed by atoms with van der Waals surface area (Å²) in [5, 5.41) is 8.64. The average molecular weight is 313 g/mol. The Morgan fingerprint density at radius 2 is 2.35 bits per heavy atom. The van der Waals surface area contributed by atoms with Gasteiger partial charge in [0.15, 0.2) is 0 Å². The number of aromatic nitrogens is 3. The molecule has 1 aliphatic rings. The highest BCUT2D eigenvalue weighted by molar-refractivity contribution is 6.35. The number of halogens is 2. The van der Waals surface area contributed by atoms with Crippen LogP contribution in [0.25, 0.3) is 0 Å². The van der Waals surface area contributed by atoms with Crippen LogP contribution in [0.5, 0.6) is 0 Å². The maximum Gasteiger partial charge on any atom is 0.137 e. The minimum Gasteiger partial charge on any atom is -0.351 e. The van der Waals surface area contributed by atoms with E-state index < -0.39 is 5.60 Å². The van der Waals surface area contributed by atoms with Crippen molar-refractivity contribution in [3.8, 4) is 0 Å². The van der Waals surface area contributed by atoms with Crippen molar-refractivity contribution < 1.29 is 4.74 Å². The third kappa shape index (κ3) is 2.31. The number of rotatable bonds is 3. The van der Waals surface area contributed by atoms with Crippen LogP contribution < -0.4 is 5.32 Å². The number of benzene rings is 1. The summed E-state index contributed by atoms with van der Waals surface area (Å²) in [6.45, 7) is 3.06. The SMILES string of the molecule is CC1NCO[C@@]1(Cn1cncn1)c1ccc(Cl)cc1Cl. The molecule has 0 aliphatic carbocycles. The van der Waals surface area contributed by atoms with Crippen LogP contribution in [-0.4, -0.2) is 27.5 Å². The van der Waals surface area contributed by atoms with Gasteiger partial charge in [-0.25, -0.2) is 9.67 Å². The topological polar surface area (TPSA) is 52.0 Å². The summed E-state index contributed by atoms with van der Waals surface area (Å²) < 4.78 is 7.75. The van der Waals surface area contributed by atoms with Gasteiger partial charge in [-0.15, -0.1) is 0 Å². The van der Waals surface area contributed by atoms with Gasteiger partial charge in [0, 0.05) is 21.7 Å². The minimum absolute atomic E-state index is 0.0883. The molecule has 7 heteroatoms. The number of hydrogen-bond acceptors (Lipinski definition) is 4. The first kappa shape index (κ1) is 13.8. The molecule has 0 bridgehead atoms. The first-order chi connectivity index (χ1) is 9.62.